The maximum atomic E-state index is 10.9. The summed E-state index contributed by atoms with van der Waals surface area (Å²) in [5.41, 5.74) is 1.75. The molecule has 1 unspecified atom stereocenters. The molecule has 0 aliphatic carbocycles. The molecule has 0 radical (unpaired) electrons. The lowest BCUT2D eigenvalue weighted by Crippen LogP contribution is -2.09. The van der Waals surface area contributed by atoms with Gasteiger partial charge in [-0.05, 0) is 29.8 Å². The predicted octanol–water partition coefficient (Wildman–Crippen LogP) is 4.60. The van der Waals surface area contributed by atoms with Crippen LogP contribution in [-0.2, 0) is 0 Å². The quantitative estimate of drug-likeness (QED) is 0.396. The molecule has 2 aromatic carbocycles. The number of nitro groups is 1. The summed E-state index contributed by atoms with van der Waals surface area (Å²) >= 11 is 0. The molecule has 0 spiro atoms. The number of non-ortho nitro benzene ring substituents is 1. The van der Waals surface area contributed by atoms with Crippen molar-refractivity contribution in [1.29, 1.82) is 0 Å². The summed E-state index contributed by atoms with van der Waals surface area (Å²) in [4.78, 5) is 14.6. The van der Waals surface area contributed by atoms with E-state index in [1.54, 1.807) is 24.7 Å². The van der Waals surface area contributed by atoms with Crippen LogP contribution in [0.2, 0.25) is 0 Å². The lowest BCUT2D eigenvalue weighted by atomic mass is 10.0. The smallest absolute Gasteiger partial charge is 0.269 e. The van der Waals surface area contributed by atoms with Gasteiger partial charge in [-0.1, -0.05) is 18.2 Å². The zero-order valence-corrected chi connectivity index (χ0v) is 13.8. The molecule has 4 rings (SSSR count). The Morgan fingerprint density at radius 2 is 1.88 bits per heavy atom. The number of hydrogen-bond donors (Lipinski definition) is 0. The molecule has 25 heavy (non-hydrogen) atoms. The van der Waals surface area contributed by atoms with Crippen LogP contribution >= 0.6 is 12.4 Å². The van der Waals surface area contributed by atoms with Crippen molar-refractivity contribution < 1.29 is 9.34 Å². The molecule has 0 amide bonds. The second-order valence-electron chi connectivity index (χ2n) is 5.45. The summed E-state index contributed by atoms with van der Waals surface area (Å²) in [5, 5.41) is 11.9. The van der Waals surface area contributed by atoms with Crippen molar-refractivity contribution in [1.82, 2.24) is 9.55 Å². The van der Waals surface area contributed by atoms with Gasteiger partial charge in [-0.15, -0.1) is 12.4 Å². The fraction of sp³-hybridized carbons (Fsp3) is 0.0556. The van der Waals surface area contributed by atoms with Gasteiger partial charge in [-0.25, -0.2) is 4.98 Å². The maximum Gasteiger partial charge on any atom is 0.269 e. The Morgan fingerprint density at radius 1 is 1.12 bits per heavy atom. The Kier molecular flexibility index (Phi) is 4.54. The van der Waals surface area contributed by atoms with Gasteiger partial charge in [0.15, 0.2) is 0 Å². The predicted molar refractivity (Wildman–Crippen MR) is 96.0 cm³/mol. The van der Waals surface area contributed by atoms with Crippen molar-refractivity contribution in [3.8, 4) is 0 Å². The zero-order valence-electron chi connectivity index (χ0n) is 13.0. The van der Waals surface area contributed by atoms with Gasteiger partial charge in [0.25, 0.3) is 5.69 Å². The van der Waals surface area contributed by atoms with E-state index in [0.717, 1.165) is 22.3 Å². The Bertz CT molecular complexity index is 961. The number of nitro benzene ring substituents is 1. The van der Waals surface area contributed by atoms with Crippen LogP contribution in [0.4, 0.5) is 5.69 Å². The van der Waals surface area contributed by atoms with Crippen LogP contribution in [0.1, 0.15) is 17.4 Å². The van der Waals surface area contributed by atoms with E-state index >= 15 is 0 Å². The SMILES string of the molecule is Cl.O=[N+]([O-])c1ccc(C(c2cc3ccccc3o2)n2ccnc2)cc1. The first kappa shape index (κ1) is 16.7. The van der Waals surface area contributed by atoms with E-state index < -0.39 is 4.92 Å². The van der Waals surface area contributed by atoms with Gasteiger partial charge in [-0.3, -0.25) is 10.1 Å². The van der Waals surface area contributed by atoms with E-state index in [2.05, 4.69) is 4.98 Å². The number of halogens is 1. The number of para-hydroxylation sites is 1. The molecule has 0 aliphatic rings. The highest BCUT2D eigenvalue weighted by atomic mass is 35.5. The third-order valence-corrected chi connectivity index (χ3v) is 3.96. The van der Waals surface area contributed by atoms with Crippen molar-refractivity contribution in [2.45, 2.75) is 6.04 Å². The first-order valence-electron chi connectivity index (χ1n) is 7.42. The van der Waals surface area contributed by atoms with Crippen LogP contribution < -0.4 is 0 Å². The molecular weight excluding hydrogens is 342 g/mol. The minimum absolute atomic E-state index is 0. The number of fused-ring (bicyclic) bond motifs is 1. The summed E-state index contributed by atoms with van der Waals surface area (Å²) in [7, 11) is 0. The summed E-state index contributed by atoms with van der Waals surface area (Å²) in [5.74, 6) is 0.753. The van der Waals surface area contributed by atoms with Crippen LogP contribution in [-0.4, -0.2) is 14.5 Å². The average molecular weight is 356 g/mol. The molecule has 2 aromatic heterocycles. The van der Waals surface area contributed by atoms with Crippen LogP contribution in [0.15, 0.2) is 77.7 Å². The number of hydrogen-bond acceptors (Lipinski definition) is 4. The second-order valence-corrected chi connectivity index (χ2v) is 5.45. The van der Waals surface area contributed by atoms with Gasteiger partial charge < -0.3 is 8.98 Å². The van der Waals surface area contributed by atoms with Crippen molar-refractivity contribution in [2.75, 3.05) is 0 Å². The Balaban J connectivity index is 0.00000182. The third-order valence-electron chi connectivity index (χ3n) is 3.96. The standard InChI is InChI=1S/C18H13N3O3.ClH/c22-21(23)15-7-5-13(6-8-15)18(20-10-9-19-12-20)17-11-14-3-1-2-4-16(14)24-17;/h1-12,18H;1H. The number of benzene rings is 2. The van der Waals surface area contributed by atoms with Gasteiger partial charge in [0.05, 0.1) is 11.3 Å². The van der Waals surface area contributed by atoms with Crippen molar-refractivity contribution in [3.05, 3.63) is 94.8 Å². The van der Waals surface area contributed by atoms with Gasteiger partial charge in [0.1, 0.15) is 17.4 Å². The molecule has 6 nitrogen and oxygen atoms in total. The van der Waals surface area contributed by atoms with Gasteiger partial charge in [-0.2, -0.15) is 0 Å². The maximum absolute atomic E-state index is 10.9. The average Bonchev–Trinajstić information content (AvgIpc) is 3.25. The lowest BCUT2D eigenvalue weighted by molar-refractivity contribution is -0.384. The van der Waals surface area contributed by atoms with E-state index in [1.165, 1.54) is 12.1 Å². The highest BCUT2D eigenvalue weighted by Crippen LogP contribution is 2.32. The third kappa shape index (κ3) is 3.12. The fourth-order valence-corrected chi connectivity index (χ4v) is 2.82. The monoisotopic (exact) mass is 355 g/mol. The molecule has 0 bridgehead atoms. The van der Waals surface area contributed by atoms with E-state index in [0.29, 0.717) is 0 Å². The largest absolute Gasteiger partial charge is 0.458 e. The van der Waals surface area contributed by atoms with E-state index in [4.69, 9.17) is 4.42 Å². The molecule has 0 fully saturated rings. The van der Waals surface area contributed by atoms with E-state index in [9.17, 15) is 10.1 Å². The van der Waals surface area contributed by atoms with Gasteiger partial charge in [0.2, 0.25) is 0 Å². The number of furan rings is 1. The molecule has 0 saturated carbocycles. The number of nitrogens with zero attached hydrogens (tertiary/aromatic N) is 3. The molecule has 0 saturated heterocycles. The molecule has 1 atom stereocenters. The van der Waals surface area contributed by atoms with Crippen molar-refractivity contribution >= 4 is 29.1 Å². The van der Waals surface area contributed by atoms with Gasteiger partial charge in [0, 0.05) is 29.9 Å². The summed E-state index contributed by atoms with van der Waals surface area (Å²) in [6.45, 7) is 0. The van der Waals surface area contributed by atoms with Gasteiger partial charge >= 0.3 is 0 Å². The first-order valence-corrected chi connectivity index (χ1v) is 7.42. The van der Waals surface area contributed by atoms with Crippen molar-refractivity contribution in [2.24, 2.45) is 0 Å². The summed E-state index contributed by atoms with van der Waals surface area (Å²) < 4.78 is 7.92. The Labute approximate surface area is 149 Å². The number of imidazole rings is 1. The topological polar surface area (TPSA) is 74.1 Å². The normalized spacial score (nSPS) is 11.8. The lowest BCUT2D eigenvalue weighted by Gasteiger charge is -2.16. The molecule has 126 valence electrons. The first-order chi connectivity index (χ1) is 11.7. The highest BCUT2D eigenvalue weighted by Gasteiger charge is 2.21. The zero-order chi connectivity index (χ0) is 16.5. The van der Waals surface area contributed by atoms with Crippen LogP contribution in [0.3, 0.4) is 0 Å². The Hall–Kier alpha value is -3.12. The summed E-state index contributed by atoms with van der Waals surface area (Å²) in [6, 6.07) is 16.0. The van der Waals surface area contributed by atoms with Crippen LogP contribution in [0, 0.1) is 10.1 Å². The number of aromatic nitrogens is 2. The highest BCUT2D eigenvalue weighted by molar-refractivity contribution is 5.85. The summed E-state index contributed by atoms with van der Waals surface area (Å²) in [6.07, 6.45) is 5.25. The van der Waals surface area contributed by atoms with Crippen LogP contribution in [0.5, 0.6) is 0 Å². The second kappa shape index (κ2) is 6.78. The molecule has 0 N–H and O–H groups in total. The van der Waals surface area contributed by atoms with Crippen LogP contribution in [0.25, 0.3) is 11.0 Å². The van der Waals surface area contributed by atoms with Crippen molar-refractivity contribution in [3.63, 3.8) is 0 Å². The molecular formula is C18H14ClN3O3. The molecule has 7 heteroatoms. The van der Waals surface area contributed by atoms with E-state index in [1.807, 2.05) is 41.1 Å². The Morgan fingerprint density at radius 3 is 2.52 bits per heavy atom. The minimum atomic E-state index is -0.406. The molecule has 4 aromatic rings. The van der Waals surface area contributed by atoms with E-state index in [-0.39, 0.29) is 24.1 Å². The fourth-order valence-electron chi connectivity index (χ4n) is 2.82. The number of rotatable bonds is 4. The minimum Gasteiger partial charge on any atom is -0.458 e. The molecule has 2 heterocycles. The molecule has 0 aliphatic heterocycles.